The highest BCUT2D eigenvalue weighted by molar-refractivity contribution is 6.01. The fraction of sp³-hybridized carbons (Fsp3) is 0.174. The van der Waals surface area contributed by atoms with E-state index < -0.39 is 5.91 Å². The van der Waals surface area contributed by atoms with Gasteiger partial charge in [0.15, 0.2) is 0 Å². The lowest BCUT2D eigenvalue weighted by Crippen LogP contribution is -2.27. The molecule has 9 heteroatoms. The molecule has 2 aromatic heterocycles. The molecule has 2 N–H and O–H groups in total. The lowest BCUT2D eigenvalue weighted by molar-refractivity contribution is 0.0535. The summed E-state index contributed by atoms with van der Waals surface area (Å²) in [5, 5.41) is 4.27. The van der Waals surface area contributed by atoms with Crippen molar-refractivity contribution in [2.75, 3.05) is 20.8 Å². The number of ether oxygens (including phenoxy) is 2. The number of carbonyl (C=O) groups is 2. The summed E-state index contributed by atoms with van der Waals surface area (Å²) in [5.41, 5.74) is 3.96. The van der Waals surface area contributed by atoms with Crippen LogP contribution in [-0.4, -0.2) is 42.3 Å². The maximum absolute atomic E-state index is 12.4. The van der Waals surface area contributed by atoms with E-state index >= 15 is 0 Å². The summed E-state index contributed by atoms with van der Waals surface area (Å²) in [6, 6.07) is 12.1. The molecular formula is C23H22N4O5. The van der Waals surface area contributed by atoms with E-state index in [0.717, 1.165) is 10.9 Å². The highest BCUT2D eigenvalue weighted by Gasteiger charge is 2.17. The summed E-state index contributed by atoms with van der Waals surface area (Å²) >= 11 is 0. The first-order chi connectivity index (χ1) is 15.5. The van der Waals surface area contributed by atoms with Gasteiger partial charge in [-0.25, -0.2) is 10.3 Å². The smallest absolute Gasteiger partial charge is 0.326 e. The summed E-state index contributed by atoms with van der Waals surface area (Å²) in [4.78, 5) is 33.7. The van der Waals surface area contributed by atoms with Crippen LogP contribution in [0, 0.1) is 0 Å². The minimum absolute atomic E-state index is 0.188. The lowest BCUT2D eigenvalue weighted by atomic mass is 10.1. The van der Waals surface area contributed by atoms with Crippen molar-refractivity contribution in [2.24, 2.45) is 0 Å². The highest BCUT2D eigenvalue weighted by atomic mass is 16.6. The number of methoxy groups -OCH3 is 1. The third-order valence-corrected chi connectivity index (χ3v) is 4.90. The molecule has 0 saturated heterocycles. The molecule has 32 heavy (non-hydrogen) atoms. The van der Waals surface area contributed by atoms with Crippen LogP contribution in [0.4, 0.5) is 4.79 Å². The van der Waals surface area contributed by atoms with Crippen LogP contribution in [0.2, 0.25) is 0 Å². The maximum Gasteiger partial charge on any atom is 0.326 e. The molecule has 164 valence electrons. The predicted molar refractivity (Wildman–Crippen MR) is 119 cm³/mol. The van der Waals surface area contributed by atoms with Crippen molar-refractivity contribution in [3.63, 3.8) is 0 Å². The second kappa shape index (κ2) is 8.94. The number of hydroxylamine groups is 1. The van der Waals surface area contributed by atoms with Crippen molar-refractivity contribution in [3.05, 3.63) is 60.4 Å². The normalized spacial score (nSPS) is 10.8. The first-order valence-electron chi connectivity index (χ1n) is 9.93. The Morgan fingerprint density at radius 1 is 1.06 bits per heavy atom. The van der Waals surface area contributed by atoms with Crippen molar-refractivity contribution >= 4 is 33.7 Å². The highest BCUT2D eigenvalue weighted by Crippen LogP contribution is 2.34. The Kier molecular flexibility index (Phi) is 5.91. The van der Waals surface area contributed by atoms with Crippen LogP contribution in [-0.2, 0) is 4.84 Å². The zero-order chi connectivity index (χ0) is 22.7. The number of nitrogens with one attached hydrogen (secondary N) is 2. The van der Waals surface area contributed by atoms with E-state index in [4.69, 9.17) is 14.3 Å². The molecule has 0 unspecified atom stereocenters. The number of benzene rings is 2. The number of carbonyl (C=O) groups excluding carboxylic acids is 2. The molecule has 0 fully saturated rings. The Hall–Kier alpha value is -4.11. The molecule has 0 spiro atoms. The molecule has 2 amide bonds. The first-order valence-corrected chi connectivity index (χ1v) is 9.93. The van der Waals surface area contributed by atoms with E-state index in [2.05, 4.69) is 15.8 Å². The summed E-state index contributed by atoms with van der Waals surface area (Å²) in [6.45, 7) is 2.42. The van der Waals surface area contributed by atoms with Crippen molar-refractivity contribution in [1.29, 1.82) is 0 Å². The zero-order valence-corrected chi connectivity index (χ0v) is 17.8. The first kappa shape index (κ1) is 21.1. The predicted octanol–water partition coefficient (Wildman–Crippen LogP) is 3.86. The van der Waals surface area contributed by atoms with Gasteiger partial charge in [-0.05, 0) is 43.3 Å². The van der Waals surface area contributed by atoms with Gasteiger partial charge >= 0.3 is 6.03 Å². The minimum atomic E-state index is -0.450. The Morgan fingerprint density at radius 3 is 2.66 bits per heavy atom. The van der Waals surface area contributed by atoms with E-state index in [9.17, 15) is 9.59 Å². The molecule has 2 aromatic carbocycles. The fourth-order valence-electron chi connectivity index (χ4n) is 3.46. The van der Waals surface area contributed by atoms with Crippen LogP contribution in [0.25, 0.3) is 21.8 Å². The summed E-state index contributed by atoms with van der Waals surface area (Å²) in [6.07, 6.45) is 3.34. The van der Waals surface area contributed by atoms with Crippen LogP contribution in [0.5, 0.6) is 17.2 Å². The number of fused-ring (bicyclic) bond motifs is 2. The second-order valence-corrected chi connectivity index (χ2v) is 6.86. The van der Waals surface area contributed by atoms with Crippen LogP contribution >= 0.6 is 0 Å². The summed E-state index contributed by atoms with van der Waals surface area (Å²) in [5.74, 6) is 1.02. The third kappa shape index (κ3) is 3.93. The third-order valence-electron chi connectivity index (χ3n) is 4.90. The number of hydrogen-bond donors (Lipinski definition) is 2. The second-order valence-electron chi connectivity index (χ2n) is 6.86. The van der Waals surface area contributed by atoms with Gasteiger partial charge in [-0.15, -0.1) is 0 Å². The van der Waals surface area contributed by atoms with Gasteiger partial charge in [0.1, 0.15) is 17.2 Å². The van der Waals surface area contributed by atoms with Crippen LogP contribution in [0.1, 0.15) is 17.3 Å². The molecule has 0 bridgehead atoms. The van der Waals surface area contributed by atoms with Gasteiger partial charge in [0.2, 0.25) is 0 Å². The van der Waals surface area contributed by atoms with Crippen LogP contribution in [0.15, 0.2) is 54.9 Å². The average molecular weight is 434 g/mol. The molecule has 2 heterocycles. The lowest BCUT2D eigenvalue weighted by Gasteiger charge is -2.13. The van der Waals surface area contributed by atoms with E-state index in [1.807, 2.05) is 25.1 Å². The van der Waals surface area contributed by atoms with E-state index in [0.29, 0.717) is 34.7 Å². The van der Waals surface area contributed by atoms with Crippen molar-refractivity contribution in [1.82, 2.24) is 20.3 Å². The Bertz CT molecular complexity index is 1310. The largest absolute Gasteiger partial charge is 0.496 e. The monoisotopic (exact) mass is 434 g/mol. The Labute approximate surface area is 183 Å². The van der Waals surface area contributed by atoms with Crippen molar-refractivity contribution in [2.45, 2.75) is 6.92 Å². The van der Waals surface area contributed by atoms with Gasteiger partial charge < -0.3 is 14.8 Å². The molecule has 0 saturated carbocycles. The molecule has 4 rings (SSSR count). The number of rotatable bonds is 6. The van der Waals surface area contributed by atoms with E-state index in [-0.39, 0.29) is 11.6 Å². The average Bonchev–Trinajstić information content (AvgIpc) is 3.22. The fourth-order valence-corrected chi connectivity index (χ4v) is 3.46. The number of amides is 2. The zero-order valence-electron chi connectivity index (χ0n) is 17.8. The topological polar surface area (TPSA) is 104 Å². The quantitative estimate of drug-likeness (QED) is 0.447. The molecule has 0 aliphatic rings. The molecule has 4 aromatic rings. The van der Waals surface area contributed by atoms with E-state index in [1.54, 1.807) is 41.2 Å². The Morgan fingerprint density at radius 2 is 1.91 bits per heavy atom. The SMILES string of the molecule is CCNC(=O)n1ccc2cc(Oc3ccnc4cc(OC)c(C(=O)NOC)cc34)ccc21. The van der Waals surface area contributed by atoms with Gasteiger partial charge in [0.05, 0.1) is 30.8 Å². The molecule has 9 nitrogen and oxygen atoms in total. The van der Waals surface area contributed by atoms with Gasteiger partial charge in [-0.2, -0.15) is 0 Å². The molecule has 0 atom stereocenters. The van der Waals surface area contributed by atoms with E-state index in [1.165, 1.54) is 14.2 Å². The van der Waals surface area contributed by atoms with Gasteiger partial charge in [0.25, 0.3) is 5.91 Å². The minimum Gasteiger partial charge on any atom is -0.496 e. The van der Waals surface area contributed by atoms with Crippen molar-refractivity contribution < 1.29 is 23.9 Å². The van der Waals surface area contributed by atoms with Gasteiger partial charge in [0, 0.05) is 35.8 Å². The van der Waals surface area contributed by atoms with Crippen LogP contribution < -0.4 is 20.3 Å². The molecule has 0 radical (unpaired) electrons. The number of aromatic nitrogens is 2. The summed E-state index contributed by atoms with van der Waals surface area (Å²) in [7, 11) is 2.84. The molecule has 0 aliphatic carbocycles. The number of pyridine rings is 1. The number of nitrogens with zero attached hydrogens (tertiary/aromatic N) is 2. The van der Waals surface area contributed by atoms with Gasteiger partial charge in [-0.1, -0.05) is 0 Å². The maximum atomic E-state index is 12.4. The summed E-state index contributed by atoms with van der Waals surface area (Å²) < 4.78 is 13.0. The van der Waals surface area contributed by atoms with Crippen molar-refractivity contribution in [3.8, 4) is 17.2 Å². The van der Waals surface area contributed by atoms with Crippen LogP contribution in [0.3, 0.4) is 0 Å². The molecular weight excluding hydrogens is 412 g/mol. The molecule has 0 aliphatic heterocycles. The number of hydrogen-bond acceptors (Lipinski definition) is 6. The Balaban J connectivity index is 1.72. The van der Waals surface area contributed by atoms with Gasteiger partial charge in [-0.3, -0.25) is 19.2 Å². The standard InChI is InChI=1S/C23H22N4O5/c1-4-24-23(29)27-10-8-14-11-15(5-6-19(14)27)32-20-7-9-25-18-13-21(30-2)17(12-16(18)20)22(28)26-31-3/h5-13H,4H2,1-3H3,(H,24,29)(H,26,28).